The molecular weight excluding hydrogens is 156 g/mol. The van der Waals surface area contributed by atoms with E-state index in [1.165, 1.54) is 7.11 Å². The van der Waals surface area contributed by atoms with Crippen LogP contribution in [0.3, 0.4) is 0 Å². The minimum absolute atomic E-state index is 0.0891. The minimum atomic E-state index is -0.135. The first kappa shape index (κ1) is 9.48. The van der Waals surface area contributed by atoms with Crippen molar-refractivity contribution in [2.24, 2.45) is 0 Å². The van der Waals surface area contributed by atoms with Gasteiger partial charge in [-0.3, -0.25) is 9.69 Å². The molecule has 0 aromatic heterocycles. The molecule has 0 bridgehead atoms. The Morgan fingerprint density at radius 3 is 3.08 bits per heavy atom. The van der Waals surface area contributed by atoms with Crippen molar-refractivity contribution in [2.45, 2.75) is 13.0 Å². The van der Waals surface area contributed by atoms with Crippen molar-refractivity contribution in [3.8, 4) is 0 Å². The predicted octanol–water partition coefficient (Wildman–Crippen LogP) is -0.547. The van der Waals surface area contributed by atoms with Crippen molar-refractivity contribution in [1.82, 2.24) is 10.2 Å². The number of rotatable bonds is 2. The Labute approximate surface area is 72.9 Å². The Morgan fingerprint density at radius 2 is 2.50 bits per heavy atom. The first-order chi connectivity index (χ1) is 5.79. The third kappa shape index (κ3) is 1.95. The number of hydrogen-bond acceptors (Lipinski definition) is 4. The van der Waals surface area contributed by atoms with Crippen LogP contribution in [0, 0.1) is 0 Å². The predicted molar refractivity (Wildman–Crippen MR) is 45.9 cm³/mol. The van der Waals surface area contributed by atoms with Crippen molar-refractivity contribution < 1.29 is 9.53 Å². The Hall–Kier alpha value is -0.610. The van der Waals surface area contributed by atoms with Crippen LogP contribution in [0.4, 0.5) is 0 Å². The van der Waals surface area contributed by atoms with Crippen LogP contribution < -0.4 is 5.32 Å². The number of likely N-dealkylation sites (N-methyl/N-ethyl adjacent to an activating group) is 1. The van der Waals surface area contributed by atoms with Gasteiger partial charge in [-0.1, -0.05) is 6.92 Å². The lowest BCUT2D eigenvalue weighted by Crippen LogP contribution is -2.55. The fraction of sp³-hybridized carbons (Fsp3) is 0.875. The molecule has 0 aliphatic carbocycles. The number of nitrogens with zero attached hydrogens (tertiary/aromatic N) is 1. The molecule has 1 fully saturated rings. The number of esters is 1. The second-order valence-electron chi connectivity index (χ2n) is 2.87. The number of carbonyl (C=O) groups is 1. The molecule has 1 unspecified atom stereocenters. The van der Waals surface area contributed by atoms with Crippen molar-refractivity contribution in [3.63, 3.8) is 0 Å². The summed E-state index contributed by atoms with van der Waals surface area (Å²) in [5.74, 6) is -0.135. The lowest BCUT2D eigenvalue weighted by atomic mass is 10.2. The van der Waals surface area contributed by atoms with Crippen molar-refractivity contribution >= 4 is 5.97 Å². The van der Waals surface area contributed by atoms with Crippen LogP contribution in [-0.2, 0) is 9.53 Å². The lowest BCUT2D eigenvalue weighted by Gasteiger charge is -2.33. The molecule has 4 heteroatoms. The number of methoxy groups -OCH3 is 1. The van der Waals surface area contributed by atoms with Crippen LogP contribution in [-0.4, -0.2) is 50.2 Å². The molecule has 0 aromatic carbocycles. The van der Waals surface area contributed by atoms with Crippen LogP contribution in [0.5, 0.6) is 0 Å². The molecule has 1 N–H and O–H groups in total. The van der Waals surface area contributed by atoms with Gasteiger partial charge in [-0.25, -0.2) is 0 Å². The monoisotopic (exact) mass is 172 g/mol. The van der Waals surface area contributed by atoms with Gasteiger partial charge in [-0.15, -0.1) is 0 Å². The Kier molecular flexibility index (Phi) is 3.49. The fourth-order valence-electron chi connectivity index (χ4n) is 1.49. The van der Waals surface area contributed by atoms with E-state index < -0.39 is 0 Å². The number of ether oxygens (including phenoxy) is 1. The molecule has 0 saturated carbocycles. The van der Waals surface area contributed by atoms with Gasteiger partial charge in [0, 0.05) is 19.6 Å². The highest BCUT2D eigenvalue weighted by Gasteiger charge is 2.27. The average Bonchev–Trinajstić information content (AvgIpc) is 2.16. The quantitative estimate of drug-likeness (QED) is 0.568. The Morgan fingerprint density at radius 1 is 1.75 bits per heavy atom. The van der Waals surface area contributed by atoms with Crippen molar-refractivity contribution in [2.75, 3.05) is 33.3 Å². The topological polar surface area (TPSA) is 41.6 Å². The van der Waals surface area contributed by atoms with E-state index in [2.05, 4.69) is 17.1 Å². The molecule has 0 amide bonds. The molecule has 1 aliphatic heterocycles. The summed E-state index contributed by atoms with van der Waals surface area (Å²) in [4.78, 5) is 13.4. The van der Waals surface area contributed by atoms with Crippen LogP contribution >= 0.6 is 0 Å². The van der Waals surface area contributed by atoms with E-state index in [4.69, 9.17) is 4.74 Å². The zero-order valence-electron chi connectivity index (χ0n) is 7.67. The standard InChI is InChI=1S/C8H16N2O2/c1-3-10-5-4-9-6-7(10)8(11)12-2/h7,9H,3-6H2,1-2H3. The number of nitrogens with one attached hydrogen (secondary N) is 1. The Bertz CT molecular complexity index is 161. The molecule has 0 radical (unpaired) electrons. The fourth-order valence-corrected chi connectivity index (χ4v) is 1.49. The molecule has 1 atom stereocenters. The molecule has 1 aliphatic rings. The van der Waals surface area contributed by atoms with Gasteiger partial charge in [0.05, 0.1) is 7.11 Å². The summed E-state index contributed by atoms with van der Waals surface area (Å²) >= 11 is 0. The van der Waals surface area contributed by atoms with E-state index in [1.54, 1.807) is 0 Å². The van der Waals surface area contributed by atoms with Gasteiger partial charge in [0.1, 0.15) is 6.04 Å². The highest BCUT2D eigenvalue weighted by atomic mass is 16.5. The summed E-state index contributed by atoms with van der Waals surface area (Å²) in [5.41, 5.74) is 0. The van der Waals surface area contributed by atoms with E-state index >= 15 is 0 Å². The molecule has 1 heterocycles. The SMILES string of the molecule is CCN1CCNCC1C(=O)OC. The molecule has 12 heavy (non-hydrogen) atoms. The van der Waals surface area contributed by atoms with Gasteiger partial charge in [-0.05, 0) is 6.54 Å². The lowest BCUT2D eigenvalue weighted by molar-refractivity contribution is -0.147. The zero-order valence-corrected chi connectivity index (χ0v) is 7.67. The normalized spacial score (nSPS) is 25.3. The number of piperazine rings is 1. The summed E-state index contributed by atoms with van der Waals surface area (Å²) in [6.07, 6.45) is 0. The van der Waals surface area contributed by atoms with Gasteiger partial charge in [-0.2, -0.15) is 0 Å². The highest BCUT2D eigenvalue weighted by molar-refractivity contribution is 5.76. The first-order valence-electron chi connectivity index (χ1n) is 4.32. The maximum absolute atomic E-state index is 11.2. The summed E-state index contributed by atoms with van der Waals surface area (Å²) < 4.78 is 4.70. The van der Waals surface area contributed by atoms with Gasteiger partial charge >= 0.3 is 5.97 Å². The van der Waals surface area contributed by atoms with Gasteiger partial charge in [0.15, 0.2) is 0 Å². The van der Waals surface area contributed by atoms with E-state index in [0.717, 1.165) is 19.6 Å². The van der Waals surface area contributed by atoms with Crippen LogP contribution in [0.1, 0.15) is 6.92 Å². The highest BCUT2D eigenvalue weighted by Crippen LogP contribution is 2.03. The minimum Gasteiger partial charge on any atom is -0.468 e. The van der Waals surface area contributed by atoms with E-state index in [-0.39, 0.29) is 12.0 Å². The first-order valence-corrected chi connectivity index (χ1v) is 4.32. The van der Waals surface area contributed by atoms with Gasteiger partial charge in [0.25, 0.3) is 0 Å². The summed E-state index contributed by atoms with van der Waals surface area (Å²) in [5, 5.41) is 3.17. The van der Waals surface area contributed by atoms with Gasteiger partial charge in [0.2, 0.25) is 0 Å². The van der Waals surface area contributed by atoms with E-state index in [0.29, 0.717) is 6.54 Å². The van der Waals surface area contributed by atoms with Crippen LogP contribution in [0.15, 0.2) is 0 Å². The maximum Gasteiger partial charge on any atom is 0.324 e. The number of carbonyl (C=O) groups excluding carboxylic acids is 1. The summed E-state index contributed by atoms with van der Waals surface area (Å²) in [6, 6.07) is -0.0891. The zero-order chi connectivity index (χ0) is 8.97. The summed E-state index contributed by atoms with van der Waals surface area (Å²) in [7, 11) is 1.44. The van der Waals surface area contributed by atoms with Crippen LogP contribution in [0.25, 0.3) is 0 Å². The molecule has 0 aromatic rings. The number of hydrogen-bond donors (Lipinski definition) is 1. The average molecular weight is 172 g/mol. The third-order valence-corrected chi connectivity index (χ3v) is 2.23. The summed E-state index contributed by atoms with van der Waals surface area (Å²) in [6.45, 7) is 5.56. The molecule has 70 valence electrons. The molecular formula is C8H16N2O2. The molecule has 1 rings (SSSR count). The third-order valence-electron chi connectivity index (χ3n) is 2.23. The van der Waals surface area contributed by atoms with Crippen LogP contribution in [0.2, 0.25) is 0 Å². The van der Waals surface area contributed by atoms with Crippen molar-refractivity contribution in [1.29, 1.82) is 0 Å². The maximum atomic E-state index is 11.2. The van der Waals surface area contributed by atoms with Crippen molar-refractivity contribution in [3.05, 3.63) is 0 Å². The second kappa shape index (κ2) is 4.42. The smallest absolute Gasteiger partial charge is 0.324 e. The second-order valence-corrected chi connectivity index (χ2v) is 2.87. The molecule has 0 spiro atoms. The Balaban J connectivity index is 2.52. The molecule has 4 nitrogen and oxygen atoms in total. The van der Waals surface area contributed by atoms with E-state index in [1.807, 2.05) is 0 Å². The van der Waals surface area contributed by atoms with Gasteiger partial charge < -0.3 is 10.1 Å². The molecule has 1 saturated heterocycles. The van der Waals surface area contributed by atoms with E-state index in [9.17, 15) is 4.79 Å². The largest absolute Gasteiger partial charge is 0.468 e.